The quantitative estimate of drug-likeness (QED) is 0.181. The number of furan rings is 2. The Morgan fingerprint density at radius 1 is 0.357 bits per heavy atom. The molecule has 0 N–H and O–H groups in total. The molecule has 12 rings (SSSR count). The summed E-state index contributed by atoms with van der Waals surface area (Å²) in [5.41, 5.74) is 12.5. The summed E-state index contributed by atoms with van der Waals surface area (Å²) in [4.78, 5) is 16.2. The first-order chi connectivity index (χ1) is 27.8. The lowest BCUT2D eigenvalue weighted by Crippen LogP contribution is -2.16. The average molecular weight is 718 g/mol. The van der Waals surface area contributed by atoms with Gasteiger partial charge in [-0.2, -0.15) is 0 Å². The molecule has 56 heavy (non-hydrogen) atoms. The van der Waals surface area contributed by atoms with Gasteiger partial charge in [0.1, 0.15) is 28.2 Å². The highest BCUT2D eigenvalue weighted by atomic mass is 16.3. The largest absolute Gasteiger partial charge is 0.456 e. The van der Waals surface area contributed by atoms with Gasteiger partial charge in [0.05, 0.1) is 0 Å². The number of para-hydroxylation sites is 2. The summed E-state index contributed by atoms with van der Waals surface area (Å²) in [6, 6.07) is 59.3. The van der Waals surface area contributed by atoms with Crippen molar-refractivity contribution in [1.29, 1.82) is 0 Å². The molecule has 0 saturated heterocycles. The van der Waals surface area contributed by atoms with Gasteiger partial charge in [0.15, 0.2) is 11.6 Å². The highest BCUT2D eigenvalue weighted by Crippen LogP contribution is 2.45. The third-order valence-electron chi connectivity index (χ3n) is 11.5. The monoisotopic (exact) mass is 717 g/mol. The lowest BCUT2D eigenvalue weighted by atomic mass is 9.78. The maximum absolute atomic E-state index is 6.35. The second kappa shape index (κ2) is 12.1. The maximum atomic E-state index is 6.35. The Hall–Kier alpha value is -7.37. The van der Waals surface area contributed by atoms with E-state index in [-0.39, 0.29) is 5.92 Å². The molecule has 1 atom stereocenters. The van der Waals surface area contributed by atoms with Crippen molar-refractivity contribution in [3.63, 3.8) is 0 Å². The lowest BCUT2D eigenvalue weighted by Gasteiger charge is -2.27. The average Bonchev–Trinajstić information content (AvgIpc) is 3.84. The fraction of sp³-hybridized carbons (Fsp3) is 0.0392. The Labute approximate surface area is 321 Å². The van der Waals surface area contributed by atoms with Crippen molar-refractivity contribution in [1.82, 2.24) is 15.0 Å². The first kappa shape index (κ1) is 31.0. The van der Waals surface area contributed by atoms with Crippen LogP contribution in [0.1, 0.15) is 22.9 Å². The van der Waals surface area contributed by atoms with Crippen molar-refractivity contribution in [2.45, 2.75) is 12.3 Å². The minimum absolute atomic E-state index is 0.0700. The molecule has 1 aliphatic rings. The van der Waals surface area contributed by atoms with Crippen molar-refractivity contribution in [2.24, 2.45) is 0 Å². The Bertz CT molecular complexity index is 3370. The van der Waals surface area contributed by atoms with Crippen LogP contribution in [-0.4, -0.2) is 15.0 Å². The van der Waals surface area contributed by atoms with Crippen LogP contribution in [0.25, 0.3) is 99.7 Å². The number of benzene rings is 8. The topological polar surface area (TPSA) is 65.0 Å². The van der Waals surface area contributed by atoms with Gasteiger partial charge in [-0.05, 0) is 80.9 Å². The van der Waals surface area contributed by atoms with Crippen LogP contribution in [0.3, 0.4) is 0 Å². The third-order valence-corrected chi connectivity index (χ3v) is 11.5. The van der Waals surface area contributed by atoms with Gasteiger partial charge in [0.2, 0.25) is 0 Å². The SMILES string of the molecule is c1ccc2c(c1)CC(c1nc(-c3ccc(-c4cccc5oc6ccccc6c45)c4ccccc34)nc(-c3cccc4oc5ccccc5c34)n1)c1ccccc1-2. The molecular formula is C51H31N3O2. The van der Waals surface area contributed by atoms with Crippen LogP contribution in [-0.2, 0) is 6.42 Å². The summed E-state index contributed by atoms with van der Waals surface area (Å²) >= 11 is 0. The summed E-state index contributed by atoms with van der Waals surface area (Å²) < 4.78 is 12.7. The molecule has 3 heterocycles. The molecule has 0 amide bonds. The zero-order valence-electron chi connectivity index (χ0n) is 30.1. The Kier molecular flexibility index (Phi) is 6.69. The van der Waals surface area contributed by atoms with Crippen LogP contribution >= 0.6 is 0 Å². The van der Waals surface area contributed by atoms with E-state index in [0.29, 0.717) is 11.6 Å². The van der Waals surface area contributed by atoms with E-state index >= 15 is 0 Å². The smallest absolute Gasteiger partial charge is 0.164 e. The van der Waals surface area contributed by atoms with Crippen molar-refractivity contribution in [2.75, 3.05) is 0 Å². The Balaban J connectivity index is 1.11. The maximum Gasteiger partial charge on any atom is 0.164 e. The number of hydrogen-bond donors (Lipinski definition) is 0. The van der Waals surface area contributed by atoms with E-state index < -0.39 is 0 Å². The van der Waals surface area contributed by atoms with E-state index in [2.05, 4.69) is 133 Å². The van der Waals surface area contributed by atoms with Gasteiger partial charge in [0, 0.05) is 38.6 Å². The molecule has 262 valence electrons. The molecule has 3 aromatic heterocycles. The molecule has 1 aliphatic carbocycles. The fourth-order valence-electron chi connectivity index (χ4n) is 9.05. The van der Waals surface area contributed by atoms with Gasteiger partial charge >= 0.3 is 0 Å². The van der Waals surface area contributed by atoms with Crippen LogP contribution < -0.4 is 0 Å². The number of fused-ring (bicyclic) bond motifs is 10. The van der Waals surface area contributed by atoms with Crippen LogP contribution in [0, 0.1) is 0 Å². The number of hydrogen-bond acceptors (Lipinski definition) is 5. The normalized spacial score (nSPS) is 13.8. The molecule has 0 radical (unpaired) electrons. The zero-order chi connectivity index (χ0) is 36.7. The van der Waals surface area contributed by atoms with E-state index in [1.807, 2.05) is 36.4 Å². The highest BCUT2D eigenvalue weighted by Gasteiger charge is 2.29. The molecular weight excluding hydrogens is 687 g/mol. The van der Waals surface area contributed by atoms with E-state index in [1.165, 1.54) is 22.3 Å². The van der Waals surface area contributed by atoms with E-state index in [9.17, 15) is 0 Å². The molecule has 1 unspecified atom stereocenters. The molecule has 5 nitrogen and oxygen atoms in total. The van der Waals surface area contributed by atoms with Gasteiger partial charge in [-0.1, -0.05) is 140 Å². The summed E-state index contributed by atoms with van der Waals surface area (Å²) in [7, 11) is 0. The summed E-state index contributed by atoms with van der Waals surface area (Å²) in [5.74, 6) is 1.95. The van der Waals surface area contributed by atoms with Crippen LogP contribution in [0.4, 0.5) is 0 Å². The summed E-state index contributed by atoms with van der Waals surface area (Å²) in [5, 5.41) is 6.44. The summed E-state index contributed by atoms with van der Waals surface area (Å²) in [6.45, 7) is 0. The van der Waals surface area contributed by atoms with Crippen LogP contribution in [0.15, 0.2) is 179 Å². The van der Waals surface area contributed by atoms with Gasteiger partial charge in [0.25, 0.3) is 0 Å². The molecule has 8 aromatic carbocycles. The minimum atomic E-state index is -0.0700. The second-order valence-corrected chi connectivity index (χ2v) is 14.6. The minimum Gasteiger partial charge on any atom is -0.456 e. The Morgan fingerprint density at radius 3 is 1.59 bits per heavy atom. The zero-order valence-corrected chi connectivity index (χ0v) is 30.1. The van der Waals surface area contributed by atoms with Gasteiger partial charge < -0.3 is 8.83 Å². The van der Waals surface area contributed by atoms with Crippen molar-refractivity contribution in [3.05, 3.63) is 187 Å². The van der Waals surface area contributed by atoms with Crippen molar-refractivity contribution in [3.8, 4) is 45.0 Å². The highest BCUT2D eigenvalue weighted by molar-refractivity contribution is 6.16. The fourth-order valence-corrected chi connectivity index (χ4v) is 9.05. The van der Waals surface area contributed by atoms with E-state index in [0.717, 1.165) is 89.1 Å². The first-order valence-electron chi connectivity index (χ1n) is 19.0. The predicted molar refractivity (Wildman–Crippen MR) is 226 cm³/mol. The van der Waals surface area contributed by atoms with Crippen LogP contribution in [0.5, 0.6) is 0 Å². The van der Waals surface area contributed by atoms with E-state index in [4.69, 9.17) is 23.8 Å². The third kappa shape index (κ3) is 4.64. The van der Waals surface area contributed by atoms with Gasteiger partial charge in [-0.25, -0.2) is 15.0 Å². The lowest BCUT2D eigenvalue weighted by molar-refractivity contribution is 0.668. The summed E-state index contributed by atoms with van der Waals surface area (Å²) in [6.07, 6.45) is 0.789. The number of aromatic nitrogens is 3. The molecule has 0 spiro atoms. The van der Waals surface area contributed by atoms with Gasteiger partial charge in [-0.3, -0.25) is 0 Å². The predicted octanol–water partition coefficient (Wildman–Crippen LogP) is 13.2. The molecule has 0 fully saturated rings. The van der Waals surface area contributed by atoms with Crippen molar-refractivity contribution >= 4 is 54.6 Å². The van der Waals surface area contributed by atoms with E-state index in [1.54, 1.807) is 0 Å². The molecule has 5 heteroatoms. The molecule has 0 saturated carbocycles. The molecule has 11 aromatic rings. The standard InChI is InChI=1S/C51H31N3O2/c1-2-14-31-30(13-1)29-42(35-18-6-3-15-32(31)35)51-53-49(52-50(54-51)41-22-12-26-46-48(41)40-20-8-10-24-44(40)56-46)38-28-27-36(33-16-4-5-17-34(33)38)37-21-11-25-45-47(37)39-19-7-9-23-43(39)55-45/h1-28,42H,29H2. The molecule has 0 aliphatic heterocycles. The molecule has 0 bridgehead atoms. The number of rotatable bonds is 4. The van der Waals surface area contributed by atoms with Crippen molar-refractivity contribution < 1.29 is 8.83 Å². The number of nitrogens with zero attached hydrogens (tertiary/aromatic N) is 3. The van der Waals surface area contributed by atoms with Gasteiger partial charge in [-0.15, -0.1) is 0 Å². The second-order valence-electron chi connectivity index (χ2n) is 14.6. The Morgan fingerprint density at radius 2 is 0.857 bits per heavy atom. The van der Waals surface area contributed by atoms with Crippen LogP contribution in [0.2, 0.25) is 0 Å². The first-order valence-corrected chi connectivity index (χ1v) is 19.0.